The standard InChI is InChI=1S/C19H20N8O6S3/c1-7-13(28)23-19(26(2)24-7)36-5-8-4-34-16-11(15(30)27(16)12(8)17(31)32)22-14(29)10(25-33-3)9-6-35-18(20)21-9/h6,11,16H,4-5H2,1-3H3,(H2,20,21)(H,22,29)(H,31,32)/b25-10-/t11-,16-/m1/s1. The van der Waals surface area contributed by atoms with Crippen molar-refractivity contribution in [3.8, 4) is 0 Å². The largest absolute Gasteiger partial charge is 0.477 e. The third-order valence-electron chi connectivity index (χ3n) is 5.16. The summed E-state index contributed by atoms with van der Waals surface area (Å²) < 4.78 is 1.44. The Bertz CT molecular complexity index is 1370. The molecular formula is C19H20N8O6S3. The number of hydrogen-bond acceptors (Lipinski definition) is 13. The van der Waals surface area contributed by atoms with Crippen molar-refractivity contribution in [2.75, 3.05) is 24.3 Å². The van der Waals surface area contributed by atoms with Crippen LogP contribution in [0.2, 0.25) is 0 Å². The number of oxime groups is 1. The normalized spacial score (nSPS) is 19.6. The van der Waals surface area contributed by atoms with Gasteiger partial charge in [0.05, 0.1) is 0 Å². The van der Waals surface area contributed by atoms with Gasteiger partial charge in [0.2, 0.25) is 0 Å². The Morgan fingerprint density at radius 2 is 2.14 bits per heavy atom. The number of aliphatic carboxylic acids is 1. The summed E-state index contributed by atoms with van der Waals surface area (Å²) in [5.74, 6) is -2.07. The number of nitrogens with zero attached hydrogens (tertiary/aromatic N) is 6. The van der Waals surface area contributed by atoms with Crippen LogP contribution >= 0.6 is 34.9 Å². The quantitative estimate of drug-likeness (QED) is 0.163. The molecule has 0 unspecified atom stereocenters. The molecule has 36 heavy (non-hydrogen) atoms. The van der Waals surface area contributed by atoms with E-state index < -0.39 is 34.8 Å². The smallest absolute Gasteiger partial charge is 0.352 e. The Balaban J connectivity index is 1.51. The van der Waals surface area contributed by atoms with Gasteiger partial charge in [-0.25, -0.2) is 14.5 Å². The molecule has 0 radical (unpaired) electrons. The van der Waals surface area contributed by atoms with Crippen LogP contribution in [0.25, 0.3) is 0 Å². The topological polar surface area (TPSA) is 195 Å². The number of thioether (sulfide) groups is 2. The van der Waals surface area contributed by atoms with Crippen molar-refractivity contribution < 1.29 is 24.3 Å². The molecule has 190 valence electrons. The van der Waals surface area contributed by atoms with Crippen LogP contribution in [0.1, 0.15) is 11.4 Å². The molecule has 17 heteroatoms. The van der Waals surface area contributed by atoms with Crippen molar-refractivity contribution in [3.05, 3.63) is 38.4 Å². The number of anilines is 1. The van der Waals surface area contributed by atoms with Gasteiger partial charge < -0.3 is 21.0 Å². The van der Waals surface area contributed by atoms with Gasteiger partial charge in [-0.2, -0.15) is 10.1 Å². The van der Waals surface area contributed by atoms with Gasteiger partial charge in [-0.05, 0) is 12.5 Å². The lowest BCUT2D eigenvalue weighted by atomic mass is 10.0. The van der Waals surface area contributed by atoms with Crippen molar-refractivity contribution in [1.29, 1.82) is 0 Å². The molecule has 4 rings (SSSR count). The summed E-state index contributed by atoms with van der Waals surface area (Å²) in [7, 11) is 2.90. The lowest BCUT2D eigenvalue weighted by Gasteiger charge is -2.49. The van der Waals surface area contributed by atoms with E-state index in [9.17, 15) is 24.3 Å². The molecule has 0 bridgehead atoms. The number of rotatable bonds is 8. The molecule has 14 nitrogen and oxygen atoms in total. The van der Waals surface area contributed by atoms with Gasteiger partial charge in [0, 0.05) is 23.9 Å². The van der Waals surface area contributed by atoms with Crippen LogP contribution < -0.4 is 16.6 Å². The van der Waals surface area contributed by atoms with E-state index in [1.807, 2.05) is 0 Å². The molecule has 2 aliphatic rings. The minimum absolute atomic E-state index is 0.148. The number of hydrogen-bond donors (Lipinski definition) is 3. The second-order valence-electron chi connectivity index (χ2n) is 7.51. The molecule has 2 aliphatic heterocycles. The number of β-lactam (4-membered cyclic amide) rings is 1. The Hall–Kier alpha value is -3.44. The molecule has 0 spiro atoms. The highest BCUT2D eigenvalue weighted by molar-refractivity contribution is 8.01. The van der Waals surface area contributed by atoms with Crippen LogP contribution in [0.3, 0.4) is 0 Å². The maximum absolute atomic E-state index is 12.9. The minimum Gasteiger partial charge on any atom is -0.477 e. The van der Waals surface area contributed by atoms with Crippen molar-refractivity contribution in [2.45, 2.75) is 23.5 Å². The van der Waals surface area contributed by atoms with Crippen LogP contribution in [0, 0.1) is 6.92 Å². The fourth-order valence-electron chi connectivity index (χ4n) is 3.52. The molecule has 2 aromatic rings. The van der Waals surface area contributed by atoms with Gasteiger partial charge >= 0.3 is 5.97 Å². The Morgan fingerprint density at radius 3 is 2.78 bits per heavy atom. The number of nitrogens with two attached hydrogens (primary N) is 1. The van der Waals surface area contributed by atoms with Crippen LogP contribution in [-0.4, -0.2) is 83.3 Å². The summed E-state index contributed by atoms with van der Waals surface area (Å²) in [6.07, 6.45) is 0. The first-order valence-electron chi connectivity index (χ1n) is 10.2. The highest BCUT2D eigenvalue weighted by Gasteiger charge is 2.54. The zero-order chi connectivity index (χ0) is 26.1. The predicted octanol–water partition coefficient (Wildman–Crippen LogP) is -0.596. The maximum atomic E-state index is 12.9. The summed E-state index contributed by atoms with van der Waals surface area (Å²) >= 11 is 3.57. The lowest BCUT2D eigenvalue weighted by Crippen LogP contribution is -2.71. The Morgan fingerprint density at radius 1 is 1.39 bits per heavy atom. The number of amides is 2. The number of carboxylic acid groups (broad SMARTS) is 1. The number of carbonyl (C=O) groups excluding carboxylic acids is 2. The van der Waals surface area contributed by atoms with Gasteiger partial charge in [0.15, 0.2) is 16.0 Å². The van der Waals surface area contributed by atoms with Gasteiger partial charge in [-0.15, -0.1) is 23.1 Å². The van der Waals surface area contributed by atoms with Gasteiger partial charge in [-0.3, -0.25) is 19.3 Å². The summed E-state index contributed by atoms with van der Waals surface area (Å²) in [4.78, 5) is 63.6. The molecule has 1 fully saturated rings. The Kier molecular flexibility index (Phi) is 7.32. The first kappa shape index (κ1) is 25.6. The summed E-state index contributed by atoms with van der Waals surface area (Å²) in [5, 5.41) is 21.7. The van der Waals surface area contributed by atoms with E-state index in [2.05, 4.69) is 25.5 Å². The maximum Gasteiger partial charge on any atom is 0.352 e. The average Bonchev–Trinajstić information content (AvgIpc) is 3.27. The van der Waals surface area contributed by atoms with Crippen LogP contribution in [0.15, 0.2) is 31.8 Å². The predicted molar refractivity (Wildman–Crippen MR) is 132 cm³/mol. The third kappa shape index (κ3) is 4.80. The molecule has 4 heterocycles. The van der Waals surface area contributed by atoms with Crippen molar-refractivity contribution in [3.63, 3.8) is 0 Å². The molecule has 2 aromatic heterocycles. The number of nitrogen functional groups attached to an aromatic ring is 1. The number of carbonyl (C=O) groups is 3. The molecule has 0 saturated carbocycles. The number of aromatic nitrogens is 4. The second kappa shape index (κ2) is 10.3. The fraction of sp³-hybridized carbons (Fsp3) is 0.368. The number of fused-ring (bicyclic) bond motifs is 1. The third-order valence-corrected chi connectivity index (χ3v) is 8.28. The molecular weight excluding hydrogens is 532 g/mol. The average molecular weight is 553 g/mol. The minimum atomic E-state index is -1.27. The van der Waals surface area contributed by atoms with Crippen molar-refractivity contribution >= 4 is 63.5 Å². The number of carboxylic acids is 1. The fourth-order valence-corrected chi connectivity index (χ4v) is 6.46. The highest BCUT2D eigenvalue weighted by atomic mass is 32.2. The molecule has 2 amide bonds. The lowest BCUT2D eigenvalue weighted by molar-refractivity contribution is -0.150. The zero-order valence-electron chi connectivity index (χ0n) is 19.1. The summed E-state index contributed by atoms with van der Waals surface area (Å²) in [5.41, 5.74) is 5.79. The first-order valence-corrected chi connectivity index (χ1v) is 13.1. The summed E-state index contributed by atoms with van der Waals surface area (Å²) in [6, 6.07) is -0.965. The van der Waals surface area contributed by atoms with Crippen LogP contribution in [0.5, 0.6) is 0 Å². The van der Waals surface area contributed by atoms with Crippen molar-refractivity contribution in [2.24, 2.45) is 12.2 Å². The molecule has 0 aliphatic carbocycles. The SMILES string of the molecule is CO/N=C(\C(=O)N[C@@H]1C(=O)N2C(C(=O)O)=C(CSc3nc(=O)c(C)nn3C)CS[C@H]12)c1csc(N)n1. The van der Waals surface area contributed by atoms with Gasteiger partial charge in [0.1, 0.15) is 35.6 Å². The Labute approximate surface area is 216 Å². The van der Waals surface area contributed by atoms with Crippen LogP contribution in [-0.2, 0) is 26.3 Å². The zero-order valence-corrected chi connectivity index (χ0v) is 21.6. The van der Waals surface area contributed by atoms with E-state index in [0.717, 1.165) is 28.0 Å². The number of aryl methyl sites for hydroxylation is 2. The monoisotopic (exact) mass is 552 g/mol. The number of thiazole rings is 1. The molecule has 1 saturated heterocycles. The van der Waals surface area contributed by atoms with E-state index in [1.165, 1.54) is 28.9 Å². The van der Waals surface area contributed by atoms with E-state index in [1.54, 1.807) is 14.0 Å². The molecule has 2 atom stereocenters. The van der Waals surface area contributed by atoms with E-state index in [-0.39, 0.29) is 33.7 Å². The molecule has 0 aromatic carbocycles. The van der Waals surface area contributed by atoms with Gasteiger partial charge in [-0.1, -0.05) is 16.9 Å². The van der Waals surface area contributed by atoms with Gasteiger partial charge in [0.25, 0.3) is 17.4 Å². The van der Waals surface area contributed by atoms with Crippen LogP contribution in [0.4, 0.5) is 5.13 Å². The van der Waals surface area contributed by atoms with E-state index >= 15 is 0 Å². The number of nitrogens with one attached hydrogen (secondary N) is 1. The first-order chi connectivity index (χ1) is 17.1. The van der Waals surface area contributed by atoms with Crippen molar-refractivity contribution in [1.82, 2.24) is 30.0 Å². The second-order valence-corrected chi connectivity index (χ2v) is 10.4. The molecule has 4 N–H and O–H groups in total. The highest BCUT2D eigenvalue weighted by Crippen LogP contribution is 2.41. The van der Waals surface area contributed by atoms with E-state index in [4.69, 9.17) is 10.6 Å². The summed E-state index contributed by atoms with van der Waals surface area (Å²) in [6.45, 7) is 1.55. The van der Waals surface area contributed by atoms with E-state index in [0.29, 0.717) is 16.5 Å².